The number of hydrogen-bond donors (Lipinski definition) is 0. The summed E-state index contributed by atoms with van der Waals surface area (Å²) in [7, 11) is 0. The molecule has 4 heterocycles. The maximum Gasteiger partial charge on any atom is 0 e. The third kappa shape index (κ3) is 5.16. The normalized spacial score (nSPS) is 32.6. The van der Waals surface area contributed by atoms with Gasteiger partial charge in [-0.1, -0.05) is 55.4 Å². The van der Waals surface area contributed by atoms with E-state index in [0.717, 1.165) is 26.2 Å². The van der Waals surface area contributed by atoms with E-state index in [1.54, 1.807) is 0 Å². The van der Waals surface area contributed by atoms with Gasteiger partial charge < -0.3 is 31.1 Å². The molecule has 4 rings (SSSR count). The minimum absolute atomic E-state index is 0. The van der Waals surface area contributed by atoms with Gasteiger partial charge in [-0.25, -0.2) is 0 Å². The number of nitrogens with zero attached hydrogens (tertiary/aromatic N) is 6. The van der Waals surface area contributed by atoms with Gasteiger partial charge in [0.2, 0.25) is 0 Å². The minimum atomic E-state index is 0. The third-order valence-electron chi connectivity index (χ3n) is 4.87. The largest absolute Gasteiger partial charge is 0.659 e. The second-order valence-electron chi connectivity index (χ2n) is 10.3. The molecule has 4 fully saturated rings. The smallest absolute Gasteiger partial charge is 0 e. The third-order valence-corrected chi connectivity index (χ3v) is 4.87. The Bertz CT molecular complexity index is 370. The summed E-state index contributed by atoms with van der Waals surface area (Å²) in [5.74, 6) is 0. The van der Waals surface area contributed by atoms with Crippen LogP contribution in [0.25, 0.3) is 21.3 Å². The van der Waals surface area contributed by atoms with E-state index in [9.17, 15) is 0 Å². The number of fused-ring (bicyclic) bond motifs is 2. The van der Waals surface area contributed by atoms with E-state index >= 15 is 0 Å². The molecule has 0 aliphatic carbocycles. The van der Waals surface area contributed by atoms with E-state index in [0.29, 0.717) is 0 Å². The van der Waals surface area contributed by atoms with E-state index in [4.69, 9.17) is 0 Å². The van der Waals surface area contributed by atoms with Gasteiger partial charge in [0.05, 0.1) is 0 Å². The van der Waals surface area contributed by atoms with E-state index in [2.05, 4.69) is 86.5 Å². The Labute approximate surface area is 164 Å². The summed E-state index contributed by atoms with van der Waals surface area (Å²) in [6, 6.07) is 0. The fraction of sp³-hybridized carbons (Fsp3) is 1.00. The van der Waals surface area contributed by atoms with Crippen LogP contribution in [0.3, 0.4) is 0 Å². The summed E-state index contributed by atoms with van der Waals surface area (Å²) < 4.78 is 0. The predicted molar refractivity (Wildman–Crippen MR) is 100 cm³/mol. The molecule has 0 amide bonds. The summed E-state index contributed by atoms with van der Waals surface area (Å²) in [4.78, 5) is 4.72. The first-order chi connectivity index (χ1) is 10.8. The van der Waals surface area contributed by atoms with Gasteiger partial charge >= 0.3 is 0 Å². The average Bonchev–Trinajstić information content (AvgIpc) is 2.89. The Morgan fingerprint density at radius 3 is 0.880 bits per heavy atom. The molecule has 4 aliphatic heterocycles. The Kier molecular flexibility index (Phi) is 5.78. The van der Waals surface area contributed by atoms with Crippen LogP contribution < -0.4 is 0 Å². The monoisotopic (exact) mass is 393 g/mol. The van der Waals surface area contributed by atoms with Crippen LogP contribution in [0.4, 0.5) is 0 Å². The Balaban J connectivity index is 0.000000173. The minimum Gasteiger partial charge on any atom is -0.659 e. The van der Waals surface area contributed by atoms with Crippen molar-refractivity contribution in [3.05, 3.63) is 21.3 Å². The molecule has 4 aliphatic rings. The molecule has 0 atom stereocenters. The van der Waals surface area contributed by atoms with Crippen molar-refractivity contribution in [3.8, 4) is 0 Å². The Morgan fingerprint density at radius 2 is 0.720 bits per heavy atom. The summed E-state index contributed by atoms with van der Waals surface area (Å²) in [5, 5.41) is 18.5. The number of hydrogen-bond acceptors (Lipinski definition) is 2. The van der Waals surface area contributed by atoms with E-state index < -0.39 is 0 Å². The van der Waals surface area contributed by atoms with Crippen LogP contribution in [0.5, 0.6) is 0 Å². The van der Waals surface area contributed by atoms with Crippen molar-refractivity contribution in [3.63, 3.8) is 0 Å². The van der Waals surface area contributed by atoms with Gasteiger partial charge in [0.15, 0.2) is 0 Å². The molecule has 0 aromatic carbocycles. The topological polar surface area (TPSA) is 62.9 Å². The zero-order chi connectivity index (χ0) is 18.0. The van der Waals surface area contributed by atoms with Crippen LogP contribution >= 0.6 is 0 Å². The van der Waals surface area contributed by atoms with Crippen LogP contribution in [0.15, 0.2) is 0 Å². The van der Waals surface area contributed by atoms with Gasteiger partial charge in [-0.05, 0) is 26.2 Å². The zero-order valence-corrected chi connectivity index (χ0v) is 18.0. The number of rotatable bonds is 0. The fourth-order valence-corrected chi connectivity index (χ4v) is 4.22. The molecule has 0 spiro atoms. The van der Waals surface area contributed by atoms with Crippen LogP contribution in [-0.2, 0) is 16.8 Å². The van der Waals surface area contributed by atoms with Crippen molar-refractivity contribution in [2.75, 3.05) is 26.2 Å². The molecule has 25 heavy (non-hydrogen) atoms. The Hall–Kier alpha value is 0.266. The molecule has 0 bridgehead atoms. The molecule has 1 radical (unpaired) electrons. The molecule has 0 N–H and O–H groups in total. The molecule has 7 heteroatoms. The summed E-state index contributed by atoms with van der Waals surface area (Å²) in [5.41, 5.74) is 0.463. The van der Waals surface area contributed by atoms with Gasteiger partial charge in [-0.15, -0.1) is 22.2 Å². The Morgan fingerprint density at radius 1 is 0.520 bits per heavy atom. The molecule has 0 saturated carbocycles. The first kappa shape index (κ1) is 21.6. The van der Waals surface area contributed by atoms with Crippen molar-refractivity contribution in [2.45, 2.75) is 90.1 Å². The van der Waals surface area contributed by atoms with Crippen molar-refractivity contribution >= 4 is 0 Å². The molecule has 0 aromatic rings. The second kappa shape index (κ2) is 6.70. The van der Waals surface area contributed by atoms with Crippen LogP contribution in [-0.4, -0.2) is 70.7 Å². The van der Waals surface area contributed by atoms with Crippen molar-refractivity contribution < 1.29 is 16.8 Å². The first-order valence-electron chi connectivity index (χ1n) is 9.12. The molecular formula is C18H34CoN6-4. The maximum atomic E-state index is 4.64. The summed E-state index contributed by atoms with van der Waals surface area (Å²) in [6.07, 6.45) is 0.296. The van der Waals surface area contributed by atoms with E-state index in [1.807, 2.05) is 0 Å². The summed E-state index contributed by atoms with van der Waals surface area (Å²) >= 11 is 0. The van der Waals surface area contributed by atoms with Crippen LogP contribution in [0, 0.1) is 0 Å². The van der Waals surface area contributed by atoms with Gasteiger partial charge in [0, 0.05) is 16.8 Å². The maximum absolute atomic E-state index is 4.64. The molecule has 149 valence electrons. The van der Waals surface area contributed by atoms with Crippen molar-refractivity contribution in [1.29, 1.82) is 0 Å². The molecule has 4 saturated heterocycles. The van der Waals surface area contributed by atoms with E-state index in [-0.39, 0.29) is 51.5 Å². The average molecular weight is 393 g/mol. The summed E-state index contributed by atoms with van der Waals surface area (Å²) in [6.45, 7) is 21.6. The van der Waals surface area contributed by atoms with Crippen molar-refractivity contribution in [2.24, 2.45) is 0 Å². The predicted octanol–water partition coefficient (Wildman–Crippen LogP) is 3.81. The second-order valence-corrected chi connectivity index (χ2v) is 10.3. The van der Waals surface area contributed by atoms with Gasteiger partial charge in [-0.2, -0.15) is 12.6 Å². The van der Waals surface area contributed by atoms with Crippen molar-refractivity contribution in [1.82, 2.24) is 9.80 Å². The zero-order valence-electron chi connectivity index (χ0n) is 17.0. The SMILES string of the molecule is CC1(C)CN2CC(C)(C)[N-]C2[N-]1.CC1(C)CN2CC(C)(C)[N-]C2[N-]1.[Co]. The fourth-order valence-electron chi connectivity index (χ4n) is 4.22. The molecule has 0 unspecified atom stereocenters. The van der Waals surface area contributed by atoms with Gasteiger partial charge in [0.1, 0.15) is 0 Å². The molecule has 0 aromatic heterocycles. The van der Waals surface area contributed by atoms with Gasteiger partial charge in [-0.3, -0.25) is 0 Å². The quantitative estimate of drug-likeness (QED) is 0.628. The van der Waals surface area contributed by atoms with Crippen LogP contribution in [0.1, 0.15) is 55.4 Å². The first-order valence-corrected chi connectivity index (χ1v) is 9.12. The van der Waals surface area contributed by atoms with Gasteiger partial charge in [0.25, 0.3) is 0 Å². The van der Waals surface area contributed by atoms with Crippen LogP contribution in [0.2, 0.25) is 0 Å². The van der Waals surface area contributed by atoms with E-state index in [1.165, 1.54) is 0 Å². The standard InChI is InChI=1S/2C9H17N3.Co/c2*1-8(2)5-12-6-9(3,4)11-7(12)10-8;/h2*7H,5-6H2,1-4H3;/q2*-2;. The molecule has 6 nitrogen and oxygen atoms in total. The molecular weight excluding hydrogens is 359 g/mol.